The van der Waals surface area contributed by atoms with Crippen LogP contribution in [-0.4, -0.2) is 0 Å². The van der Waals surface area contributed by atoms with E-state index in [1.54, 1.807) is 6.26 Å². The van der Waals surface area contributed by atoms with Crippen LogP contribution in [0.25, 0.3) is 0 Å². The number of hydrogen-bond acceptors (Lipinski definition) is 2. The van der Waals surface area contributed by atoms with Crippen LogP contribution in [0.3, 0.4) is 0 Å². The third kappa shape index (κ3) is 1.28. The lowest BCUT2D eigenvalue weighted by Gasteiger charge is -2.09. The molecule has 2 heteroatoms. The molecule has 1 aromatic rings. The Hall–Kier alpha value is -1.44. The van der Waals surface area contributed by atoms with Crippen molar-refractivity contribution in [2.75, 3.05) is 5.73 Å². The number of rotatable bonds is 1. The summed E-state index contributed by atoms with van der Waals surface area (Å²) in [7, 11) is 0. The van der Waals surface area contributed by atoms with Crippen molar-refractivity contribution in [2.45, 2.75) is 12.5 Å². The van der Waals surface area contributed by atoms with Gasteiger partial charge < -0.3 is 10.5 Å². The van der Waals surface area contributed by atoms with Crippen molar-refractivity contribution in [3.63, 3.8) is 0 Å². The molecule has 1 heterocycles. The first-order valence-electron chi connectivity index (χ1n) is 4.02. The fraction of sp³-hybridized carbons (Fsp3) is 0.200. The van der Waals surface area contributed by atoms with Gasteiger partial charge in [0, 0.05) is 12.1 Å². The third-order valence-electron chi connectivity index (χ3n) is 2.00. The van der Waals surface area contributed by atoms with Crippen LogP contribution < -0.4 is 5.73 Å². The predicted molar refractivity (Wildman–Crippen MR) is 48.4 cm³/mol. The normalized spacial score (nSPS) is 20.8. The molecule has 0 bridgehead atoms. The zero-order valence-corrected chi connectivity index (χ0v) is 6.73. The van der Waals surface area contributed by atoms with Crippen LogP contribution >= 0.6 is 0 Å². The Morgan fingerprint density at radius 3 is 2.58 bits per heavy atom. The highest BCUT2D eigenvalue weighted by Gasteiger charge is 2.12. The van der Waals surface area contributed by atoms with Gasteiger partial charge in [0.15, 0.2) is 0 Å². The van der Waals surface area contributed by atoms with Crippen molar-refractivity contribution in [3.8, 4) is 0 Å². The summed E-state index contributed by atoms with van der Waals surface area (Å²) in [6.07, 6.45) is 4.94. The Morgan fingerprint density at radius 1 is 1.25 bits per heavy atom. The van der Waals surface area contributed by atoms with E-state index in [2.05, 4.69) is 0 Å². The SMILES string of the molecule is Nc1ccc(C2CC=CO2)cc1. The fourth-order valence-electron chi connectivity index (χ4n) is 1.31. The molecular formula is C10H11NO. The van der Waals surface area contributed by atoms with Crippen molar-refractivity contribution in [2.24, 2.45) is 0 Å². The lowest BCUT2D eigenvalue weighted by Crippen LogP contribution is -1.95. The number of nitrogen functional groups attached to an aromatic ring is 1. The maximum Gasteiger partial charge on any atom is 0.126 e. The monoisotopic (exact) mass is 161 g/mol. The summed E-state index contributed by atoms with van der Waals surface area (Å²) in [5, 5.41) is 0. The van der Waals surface area contributed by atoms with Gasteiger partial charge in [0.1, 0.15) is 6.10 Å². The summed E-state index contributed by atoms with van der Waals surface area (Å²) in [6, 6.07) is 7.81. The Balaban J connectivity index is 2.18. The quantitative estimate of drug-likeness (QED) is 0.641. The lowest BCUT2D eigenvalue weighted by molar-refractivity contribution is 0.173. The van der Waals surface area contributed by atoms with Gasteiger partial charge in [-0.1, -0.05) is 12.1 Å². The van der Waals surface area contributed by atoms with Crippen LogP contribution in [0.2, 0.25) is 0 Å². The molecule has 0 saturated heterocycles. The Morgan fingerprint density at radius 2 is 2.00 bits per heavy atom. The first-order valence-corrected chi connectivity index (χ1v) is 4.02. The van der Waals surface area contributed by atoms with E-state index >= 15 is 0 Å². The topological polar surface area (TPSA) is 35.2 Å². The van der Waals surface area contributed by atoms with Gasteiger partial charge in [0.05, 0.1) is 6.26 Å². The highest BCUT2D eigenvalue weighted by atomic mass is 16.5. The zero-order chi connectivity index (χ0) is 8.39. The molecule has 2 rings (SSSR count). The van der Waals surface area contributed by atoms with E-state index in [1.807, 2.05) is 30.3 Å². The molecule has 1 aromatic carbocycles. The highest BCUT2D eigenvalue weighted by molar-refractivity contribution is 5.40. The van der Waals surface area contributed by atoms with E-state index in [1.165, 1.54) is 5.56 Å². The summed E-state index contributed by atoms with van der Waals surface area (Å²) < 4.78 is 5.36. The van der Waals surface area contributed by atoms with Gasteiger partial charge in [-0.25, -0.2) is 0 Å². The van der Waals surface area contributed by atoms with Gasteiger partial charge in [0.25, 0.3) is 0 Å². The average Bonchev–Trinajstić information content (AvgIpc) is 2.58. The number of anilines is 1. The first-order chi connectivity index (χ1) is 5.86. The standard InChI is InChI=1S/C10H11NO/c11-9-5-3-8(4-6-9)10-2-1-7-12-10/h1,3-7,10H,2,11H2. The molecule has 12 heavy (non-hydrogen) atoms. The van der Waals surface area contributed by atoms with Crippen molar-refractivity contribution in [1.29, 1.82) is 0 Å². The highest BCUT2D eigenvalue weighted by Crippen LogP contribution is 2.26. The van der Waals surface area contributed by atoms with Crippen LogP contribution in [0.15, 0.2) is 36.6 Å². The summed E-state index contributed by atoms with van der Waals surface area (Å²) in [4.78, 5) is 0. The van der Waals surface area contributed by atoms with E-state index in [0.717, 1.165) is 12.1 Å². The molecule has 0 amide bonds. The van der Waals surface area contributed by atoms with Gasteiger partial charge >= 0.3 is 0 Å². The predicted octanol–water partition coefficient (Wildman–Crippen LogP) is 2.24. The summed E-state index contributed by atoms with van der Waals surface area (Å²) in [5.41, 5.74) is 7.55. The van der Waals surface area contributed by atoms with Gasteiger partial charge in [-0.3, -0.25) is 0 Å². The first kappa shape index (κ1) is 7.22. The molecule has 0 aromatic heterocycles. The second-order valence-corrected chi connectivity index (χ2v) is 2.90. The average molecular weight is 161 g/mol. The molecule has 0 saturated carbocycles. The summed E-state index contributed by atoms with van der Waals surface area (Å²) in [6.45, 7) is 0. The number of ether oxygens (including phenoxy) is 1. The molecule has 1 aliphatic rings. The van der Waals surface area contributed by atoms with Crippen LogP contribution in [0.1, 0.15) is 18.1 Å². The minimum absolute atomic E-state index is 0.200. The molecule has 2 nitrogen and oxygen atoms in total. The molecule has 1 atom stereocenters. The van der Waals surface area contributed by atoms with Crippen LogP contribution in [0, 0.1) is 0 Å². The smallest absolute Gasteiger partial charge is 0.126 e. The van der Waals surface area contributed by atoms with Crippen LogP contribution in [0.5, 0.6) is 0 Å². The number of hydrogen-bond donors (Lipinski definition) is 1. The van der Waals surface area contributed by atoms with Gasteiger partial charge in [-0.05, 0) is 23.8 Å². The third-order valence-corrected chi connectivity index (χ3v) is 2.00. The second-order valence-electron chi connectivity index (χ2n) is 2.90. The Kier molecular flexibility index (Phi) is 1.74. The molecule has 1 unspecified atom stereocenters. The maximum absolute atomic E-state index is 5.57. The summed E-state index contributed by atoms with van der Waals surface area (Å²) >= 11 is 0. The van der Waals surface area contributed by atoms with Crippen LogP contribution in [0.4, 0.5) is 5.69 Å². The van der Waals surface area contributed by atoms with E-state index in [9.17, 15) is 0 Å². The van der Waals surface area contributed by atoms with Gasteiger partial charge in [0.2, 0.25) is 0 Å². The van der Waals surface area contributed by atoms with Gasteiger partial charge in [-0.2, -0.15) is 0 Å². The number of benzene rings is 1. The lowest BCUT2D eigenvalue weighted by atomic mass is 10.1. The van der Waals surface area contributed by atoms with Crippen molar-refractivity contribution < 1.29 is 4.74 Å². The molecule has 1 aliphatic heterocycles. The van der Waals surface area contributed by atoms with E-state index in [0.29, 0.717) is 0 Å². The van der Waals surface area contributed by atoms with Crippen molar-refractivity contribution in [3.05, 3.63) is 42.2 Å². The summed E-state index contributed by atoms with van der Waals surface area (Å²) in [5.74, 6) is 0. The minimum atomic E-state index is 0.200. The minimum Gasteiger partial charge on any atom is -0.493 e. The fourth-order valence-corrected chi connectivity index (χ4v) is 1.31. The number of nitrogens with two attached hydrogens (primary N) is 1. The maximum atomic E-state index is 5.57. The van der Waals surface area contributed by atoms with E-state index in [-0.39, 0.29) is 6.10 Å². The molecule has 0 radical (unpaired) electrons. The largest absolute Gasteiger partial charge is 0.493 e. The molecule has 0 fully saturated rings. The Labute approximate surface area is 71.6 Å². The zero-order valence-electron chi connectivity index (χ0n) is 6.73. The molecular weight excluding hydrogens is 150 g/mol. The van der Waals surface area contributed by atoms with E-state index in [4.69, 9.17) is 10.5 Å². The van der Waals surface area contributed by atoms with Crippen molar-refractivity contribution >= 4 is 5.69 Å². The molecule has 62 valence electrons. The second kappa shape index (κ2) is 2.89. The van der Waals surface area contributed by atoms with Gasteiger partial charge in [-0.15, -0.1) is 0 Å². The molecule has 0 aliphatic carbocycles. The molecule has 0 spiro atoms. The Bertz CT molecular complexity index is 281. The molecule has 2 N–H and O–H groups in total. The van der Waals surface area contributed by atoms with Crippen molar-refractivity contribution in [1.82, 2.24) is 0 Å². The van der Waals surface area contributed by atoms with E-state index < -0.39 is 0 Å². The van der Waals surface area contributed by atoms with Crippen LogP contribution in [-0.2, 0) is 4.74 Å².